The van der Waals surface area contributed by atoms with Crippen LogP contribution in [0.4, 0.5) is 4.39 Å². The molecule has 0 radical (unpaired) electrons. The first-order valence-corrected chi connectivity index (χ1v) is 8.04. The van der Waals surface area contributed by atoms with E-state index in [1.807, 2.05) is 12.1 Å². The van der Waals surface area contributed by atoms with E-state index in [0.29, 0.717) is 24.6 Å². The van der Waals surface area contributed by atoms with E-state index in [9.17, 15) is 9.18 Å². The summed E-state index contributed by atoms with van der Waals surface area (Å²) in [6, 6.07) is 12.2. The molecule has 5 heteroatoms. The Kier molecular flexibility index (Phi) is 4.60. The van der Waals surface area contributed by atoms with E-state index in [1.165, 1.54) is 12.1 Å². The van der Waals surface area contributed by atoms with Gasteiger partial charge >= 0.3 is 0 Å². The molecule has 3 aromatic rings. The first kappa shape index (κ1) is 16.2. The number of halogens is 1. The maximum atomic E-state index is 12.9. The molecule has 124 valence electrons. The van der Waals surface area contributed by atoms with E-state index in [-0.39, 0.29) is 11.7 Å². The Bertz CT molecular complexity index is 853. The maximum absolute atomic E-state index is 12.9. The summed E-state index contributed by atoms with van der Waals surface area (Å²) < 4.78 is 14.9. The lowest BCUT2D eigenvalue weighted by molar-refractivity contribution is 0.0954. The van der Waals surface area contributed by atoms with Crippen LogP contribution in [0.25, 0.3) is 11.0 Å². The fraction of sp³-hybridized carbons (Fsp3) is 0.263. The summed E-state index contributed by atoms with van der Waals surface area (Å²) in [7, 11) is 0. The summed E-state index contributed by atoms with van der Waals surface area (Å²) in [5.41, 5.74) is 3.42. The molecule has 3 rings (SSSR count). The van der Waals surface area contributed by atoms with E-state index in [2.05, 4.69) is 28.7 Å². The van der Waals surface area contributed by atoms with Crippen molar-refractivity contribution in [3.05, 3.63) is 65.7 Å². The van der Waals surface area contributed by atoms with Gasteiger partial charge in [0.25, 0.3) is 5.91 Å². The molecule has 2 aromatic carbocycles. The highest BCUT2D eigenvalue weighted by molar-refractivity contribution is 5.97. The molecule has 1 amide bonds. The number of aromatic nitrogens is 2. The molecule has 0 bridgehead atoms. The number of amides is 1. The molecule has 0 fully saturated rings. The fourth-order valence-electron chi connectivity index (χ4n) is 2.66. The molecule has 4 nitrogen and oxygen atoms in total. The van der Waals surface area contributed by atoms with Crippen molar-refractivity contribution in [3.8, 4) is 0 Å². The molecule has 1 aromatic heterocycles. The third-order valence-corrected chi connectivity index (χ3v) is 4.01. The van der Waals surface area contributed by atoms with Gasteiger partial charge in [-0.1, -0.05) is 12.1 Å². The van der Waals surface area contributed by atoms with Crippen LogP contribution in [-0.4, -0.2) is 22.0 Å². The zero-order valence-electron chi connectivity index (χ0n) is 13.8. The van der Waals surface area contributed by atoms with E-state index >= 15 is 0 Å². The van der Waals surface area contributed by atoms with Gasteiger partial charge in [-0.2, -0.15) is 0 Å². The van der Waals surface area contributed by atoms with Crippen molar-refractivity contribution in [2.45, 2.75) is 26.3 Å². The largest absolute Gasteiger partial charge is 0.352 e. The van der Waals surface area contributed by atoms with Gasteiger partial charge in [-0.25, -0.2) is 9.37 Å². The SMILES string of the molecule is CC(C)n1cnc2cc(C(=O)NCCc3ccc(F)cc3)ccc21. The van der Waals surface area contributed by atoms with Gasteiger partial charge in [-0.3, -0.25) is 4.79 Å². The number of carbonyl (C=O) groups is 1. The molecule has 0 aliphatic rings. The third kappa shape index (κ3) is 3.45. The zero-order chi connectivity index (χ0) is 17.1. The van der Waals surface area contributed by atoms with Gasteiger partial charge in [-0.15, -0.1) is 0 Å². The monoisotopic (exact) mass is 325 g/mol. The predicted molar refractivity (Wildman–Crippen MR) is 92.6 cm³/mol. The Balaban J connectivity index is 1.64. The van der Waals surface area contributed by atoms with E-state index in [4.69, 9.17) is 0 Å². The molecular weight excluding hydrogens is 305 g/mol. The summed E-state index contributed by atoms with van der Waals surface area (Å²) in [6.45, 7) is 4.69. The van der Waals surface area contributed by atoms with Crippen molar-refractivity contribution in [2.75, 3.05) is 6.54 Å². The Labute approximate surface area is 140 Å². The number of fused-ring (bicyclic) bond motifs is 1. The van der Waals surface area contributed by atoms with Crippen molar-refractivity contribution >= 4 is 16.9 Å². The number of nitrogens with zero attached hydrogens (tertiary/aromatic N) is 2. The Morgan fingerprint density at radius 1 is 1.21 bits per heavy atom. The Morgan fingerprint density at radius 3 is 2.67 bits per heavy atom. The molecule has 0 saturated carbocycles. The van der Waals surface area contributed by atoms with Crippen molar-refractivity contribution in [2.24, 2.45) is 0 Å². The van der Waals surface area contributed by atoms with Crippen LogP contribution in [0, 0.1) is 5.82 Å². The third-order valence-electron chi connectivity index (χ3n) is 4.01. The van der Waals surface area contributed by atoms with Gasteiger partial charge in [0.15, 0.2) is 0 Å². The van der Waals surface area contributed by atoms with Gasteiger partial charge < -0.3 is 9.88 Å². The minimum absolute atomic E-state index is 0.127. The van der Waals surface area contributed by atoms with E-state index in [0.717, 1.165) is 16.6 Å². The normalized spacial score (nSPS) is 11.2. The number of hydrogen-bond acceptors (Lipinski definition) is 2. The first-order chi connectivity index (χ1) is 11.5. The average Bonchev–Trinajstić information content (AvgIpc) is 3.00. The van der Waals surface area contributed by atoms with Gasteiger partial charge in [0.2, 0.25) is 0 Å². The predicted octanol–water partition coefficient (Wildman–Crippen LogP) is 3.73. The first-order valence-electron chi connectivity index (χ1n) is 8.04. The van der Waals surface area contributed by atoms with Crippen LogP contribution in [-0.2, 0) is 6.42 Å². The standard InChI is InChI=1S/C19H20FN3O/c1-13(2)23-12-22-17-11-15(5-8-18(17)23)19(24)21-10-9-14-3-6-16(20)7-4-14/h3-8,11-13H,9-10H2,1-2H3,(H,21,24). The average molecular weight is 325 g/mol. The van der Waals surface area contributed by atoms with Crippen molar-refractivity contribution < 1.29 is 9.18 Å². The van der Waals surface area contributed by atoms with E-state index < -0.39 is 0 Å². The molecule has 0 atom stereocenters. The van der Waals surface area contributed by atoms with Crippen LogP contribution in [0.2, 0.25) is 0 Å². The minimum atomic E-state index is -0.253. The molecule has 0 saturated heterocycles. The van der Waals surface area contributed by atoms with Gasteiger partial charge in [0.05, 0.1) is 17.4 Å². The Hall–Kier alpha value is -2.69. The van der Waals surface area contributed by atoms with Crippen LogP contribution >= 0.6 is 0 Å². The quantitative estimate of drug-likeness (QED) is 0.777. The second-order valence-electron chi connectivity index (χ2n) is 6.08. The zero-order valence-corrected chi connectivity index (χ0v) is 13.8. The summed E-state index contributed by atoms with van der Waals surface area (Å²) in [5.74, 6) is -0.380. The lowest BCUT2D eigenvalue weighted by atomic mass is 10.1. The molecule has 1 heterocycles. The van der Waals surface area contributed by atoms with Gasteiger partial charge in [0.1, 0.15) is 5.82 Å². The highest BCUT2D eigenvalue weighted by Gasteiger charge is 2.10. The van der Waals surface area contributed by atoms with Crippen molar-refractivity contribution in [1.29, 1.82) is 0 Å². The minimum Gasteiger partial charge on any atom is -0.352 e. The van der Waals surface area contributed by atoms with E-state index in [1.54, 1.807) is 24.5 Å². The molecule has 0 aliphatic heterocycles. The lowest BCUT2D eigenvalue weighted by Gasteiger charge is -2.08. The molecule has 1 N–H and O–H groups in total. The number of benzene rings is 2. The summed E-state index contributed by atoms with van der Waals surface area (Å²) in [5, 5.41) is 2.89. The highest BCUT2D eigenvalue weighted by Crippen LogP contribution is 2.18. The van der Waals surface area contributed by atoms with Crippen LogP contribution in [0.1, 0.15) is 35.8 Å². The van der Waals surface area contributed by atoms with Crippen LogP contribution in [0.5, 0.6) is 0 Å². The van der Waals surface area contributed by atoms with Crippen LogP contribution in [0.15, 0.2) is 48.8 Å². The lowest BCUT2D eigenvalue weighted by Crippen LogP contribution is -2.25. The number of carbonyl (C=O) groups excluding carboxylic acids is 1. The summed E-state index contributed by atoms with van der Waals surface area (Å²) in [6.07, 6.45) is 2.46. The number of rotatable bonds is 5. The second kappa shape index (κ2) is 6.83. The number of imidazole rings is 1. The summed E-state index contributed by atoms with van der Waals surface area (Å²) in [4.78, 5) is 16.6. The molecule has 24 heavy (non-hydrogen) atoms. The smallest absolute Gasteiger partial charge is 0.251 e. The van der Waals surface area contributed by atoms with Crippen LogP contribution < -0.4 is 5.32 Å². The maximum Gasteiger partial charge on any atom is 0.251 e. The van der Waals surface area contributed by atoms with Gasteiger partial charge in [-0.05, 0) is 56.2 Å². The topological polar surface area (TPSA) is 46.9 Å². The van der Waals surface area contributed by atoms with Crippen molar-refractivity contribution in [1.82, 2.24) is 14.9 Å². The Morgan fingerprint density at radius 2 is 1.96 bits per heavy atom. The van der Waals surface area contributed by atoms with Crippen molar-refractivity contribution in [3.63, 3.8) is 0 Å². The highest BCUT2D eigenvalue weighted by atomic mass is 19.1. The van der Waals surface area contributed by atoms with Gasteiger partial charge in [0, 0.05) is 18.2 Å². The fourth-order valence-corrected chi connectivity index (χ4v) is 2.66. The molecular formula is C19H20FN3O. The second-order valence-corrected chi connectivity index (χ2v) is 6.08. The summed E-state index contributed by atoms with van der Waals surface area (Å²) >= 11 is 0. The molecule has 0 aliphatic carbocycles. The molecule has 0 spiro atoms. The molecule has 0 unspecified atom stereocenters. The van der Waals surface area contributed by atoms with Crippen LogP contribution in [0.3, 0.4) is 0 Å². The number of nitrogens with one attached hydrogen (secondary N) is 1. The number of hydrogen-bond donors (Lipinski definition) is 1.